The van der Waals surface area contributed by atoms with Crippen molar-refractivity contribution < 1.29 is 80.9 Å². The Balaban J connectivity index is 0. The Morgan fingerprint density at radius 1 is 0.800 bits per heavy atom. The molecule has 0 saturated heterocycles. The summed E-state index contributed by atoms with van der Waals surface area (Å²) in [6.45, 7) is 0. The third-order valence-electron chi connectivity index (χ3n) is 0. The minimum absolute atomic E-state index is 0. The minimum Gasteiger partial charge on any atom is -2.00 e. The molecule has 0 fully saturated rings. The molecular weight excluding hydrogens is 158 g/mol. The SMILES string of the molecule is S.S.[K+].[Na+].[S-2]. The summed E-state index contributed by atoms with van der Waals surface area (Å²) in [6, 6.07) is 0. The van der Waals surface area contributed by atoms with E-state index in [2.05, 4.69) is 0 Å². The van der Waals surface area contributed by atoms with Gasteiger partial charge in [-0.15, -0.1) is 0 Å². The summed E-state index contributed by atoms with van der Waals surface area (Å²) in [4.78, 5) is 0. The third-order valence-corrected chi connectivity index (χ3v) is 0. The first-order valence-electron chi connectivity index (χ1n) is 0. The molecule has 0 atom stereocenters. The summed E-state index contributed by atoms with van der Waals surface area (Å²) in [5.74, 6) is 0. The van der Waals surface area contributed by atoms with E-state index in [0.29, 0.717) is 0 Å². The van der Waals surface area contributed by atoms with E-state index < -0.39 is 0 Å². The topological polar surface area (TPSA) is 0 Å². The van der Waals surface area contributed by atoms with E-state index in [1.165, 1.54) is 0 Å². The molecule has 0 radical (unpaired) electrons. The summed E-state index contributed by atoms with van der Waals surface area (Å²) in [7, 11) is 0. The van der Waals surface area contributed by atoms with E-state index in [-0.39, 0.29) is 121 Å². The second kappa shape index (κ2) is 25.3. The Morgan fingerprint density at radius 2 is 0.800 bits per heavy atom. The second-order valence-electron chi connectivity index (χ2n) is 0. The van der Waals surface area contributed by atoms with Gasteiger partial charge in [0.15, 0.2) is 0 Å². The first-order chi connectivity index (χ1) is 0. The van der Waals surface area contributed by atoms with E-state index >= 15 is 0 Å². The fraction of sp³-hybridized carbons (Fsp3) is 0. The third kappa shape index (κ3) is 18.3. The summed E-state index contributed by atoms with van der Waals surface area (Å²) < 4.78 is 0. The van der Waals surface area contributed by atoms with Crippen LogP contribution in [0.2, 0.25) is 0 Å². The van der Waals surface area contributed by atoms with Gasteiger partial charge in [-0.25, -0.2) is 0 Å². The monoisotopic (exact) mass is 162 g/mol. The van der Waals surface area contributed by atoms with Crippen molar-refractivity contribution in [1.82, 2.24) is 0 Å². The zero-order chi connectivity index (χ0) is 0. The van der Waals surface area contributed by atoms with Crippen molar-refractivity contribution in [3.8, 4) is 0 Å². The van der Waals surface area contributed by atoms with Gasteiger partial charge in [-0.3, -0.25) is 0 Å². The number of hydrogen-bond donors (Lipinski definition) is 0. The molecule has 0 N–H and O–H groups in total. The molecule has 0 saturated carbocycles. The summed E-state index contributed by atoms with van der Waals surface area (Å²) in [6.07, 6.45) is 0. The zero-order valence-corrected chi connectivity index (χ0v) is 11.3. The Kier molecular flexibility index (Phi) is 191. The standard InChI is InChI=1S/K.Na.2H2S.S/h;;2*1H2;/q2*+1;;;-2. The molecular formula is H4KNaS3. The van der Waals surface area contributed by atoms with Crippen molar-refractivity contribution in [3.63, 3.8) is 0 Å². The second-order valence-corrected chi connectivity index (χ2v) is 0. The molecule has 24 valence electrons. The molecule has 0 aliphatic rings. The van der Waals surface area contributed by atoms with Crippen LogP contribution >= 0.6 is 27.0 Å². The van der Waals surface area contributed by atoms with Crippen molar-refractivity contribution in [2.24, 2.45) is 0 Å². The van der Waals surface area contributed by atoms with Crippen LogP contribution in [0.1, 0.15) is 0 Å². The molecule has 0 aromatic carbocycles. The maximum absolute atomic E-state index is 0. The van der Waals surface area contributed by atoms with Gasteiger partial charge in [0.2, 0.25) is 0 Å². The number of rotatable bonds is 0. The van der Waals surface area contributed by atoms with Crippen molar-refractivity contribution in [2.75, 3.05) is 0 Å². The maximum Gasteiger partial charge on any atom is 1.00 e. The maximum atomic E-state index is 0. The average molecular weight is 162 g/mol. The van der Waals surface area contributed by atoms with Gasteiger partial charge < -0.3 is 13.5 Å². The van der Waals surface area contributed by atoms with Crippen LogP contribution in [-0.4, -0.2) is 0 Å². The van der Waals surface area contributed by atoms with Crippen LogP contribution in [0.15, 0.2) is 0 Å². The smallest absolute Gasteiger partial charge is 1.00 e. The molecule has 0 aliphatic heterocycles. The van der Waals surface area contributed by atoms with E-state index in [1.54, 1.807) is 0 Å². The first-order valence-corrected chi connectivity index (χ1v) is 0. The van der Waals surface area contributed by atoms with Crippen LogP contribution in [0, 0.1) is 0 Å². The molecule has 0 amide bonds. The largest absolute Gasteiger partial charge is 2.00 e. The molecule has 0 unspecified atom stereocenters. The van der Waals surface area contributed by atoms with Gasteiger partial charge in [0.25, 0.3) is 0 Å². The molecule has 5 heteroatoms. The van der Waals surface area contributed by atoms with Crippen LogP contribution in [0.3, 0.4) is 0 Å². The molecule has 0 aromatic heterocycles. The predicted molar refractivity (Wildman–Crippen MR) is 28.1 cm³/mol. The van der Waals surface area contributed by atoms with Gasteiger partial charge >= 0.3 is 80.9 Å². The predicted octanol–water partition coefficient (Wildman–Crippen LogP) is -5.77. The van der Waals surface area contributed by atoms with E-state index in [9.17, 15) is 0 Å². The summed E-state index contributed by atoms with van der Waals surface area (Å²) in [5.41, 5.74) is 0. The van der Waals surface area contributed by atoms with Crippen molar-refractivity contribution in [2.45, 2.75) is 0 Å². The molecule has 0 spiro atoms. The van der Waals surface area contributed by atoms with E-state index in [1.807, 2.05) is 0 Å². The van der Waals surface area contributed by atoms with Gasteiger partial charge in [0.05, 0.1) is 0 Å². The van der Waals surface area contributed by atoms with E-state index in [0.717, 1.165) is 0 Å². The van der Waals surface area contributed by atoms with Crippen LogP contribution in [0.25, 0.3) is 0 Å². The molecule has 5 heavy (non-hydrogen) atoms. The molecule has 0 nitrogen and oxygen atoms in total. The van der Waals surface area contributed by atoms with Gasteiger partial charge in [0.1, 0.15) is 0 Å². The normalized spacial score (nSPS) is 0. The van der Waals surface area contributed by atoms with Gasteiger partial charge in [-0.05, 0) is 0 Å². The van der Waals surface area contributed by atoms with Gasteiger partial charge in [-0.1, -0.05) is 0 Å². The molecule has 0 bridgehead atoms. The van der Waals surface area contributed by atoms with Crippen molar-refractivity contribution >= 4 is 40.5 Å². The van der Waals surface area contributed by atoms with Gasteiger partial charge in [-0.2, -0.15) is 27.0 Å². The average Bonchev–Trinajstić information content (AvgIpc) is 0. The Bertz CT molecular complexity index is 6.85. The van der Waals surface area contributed by atoms with Crippen LogP contribution in [-0.2, 0) is 13.5 Å². The number of hydrogen-bond acceptors (Lipinski definition) is 0. The van der Waals surface area contributed by atoms with Crippen LogP contribution < -0.4 is 80.9 Å². The van der Waals surface area contributed by atoms with Crippen molar-refractivity contribution in [3.05, 3.63) is 0 Å². The Labute approximate surface area is 118 Å². The Hall–Kier alpha value is 3.69. The fourth-order valence-corrected chi connectivity index (χ4v) is 0. The molecule has 0 aliphatic carbocycles. The molecule has 0 rings (SSSR count). The van der Waals surface area contributed by atoms with E-state index in [4.69, 9.17) is 0 Å². The minimum atomic E-state index is 0. The van der Waals surface area contributed by atoms with Crippen LogP contribution in [0.4, 0.5) is 0 Å². The zero-order valence-electron chi connectivity index (χ0n) is 3.41. The van der Waals surface area contributed by atoms with Crippen molar-refractivity contribution in [1.29, 1.82) is 0 Å². The molecule has 0 aromatic rings. The quantitative estimate of drug-likeness (QED) is 0.311. The van der Waals surface area contributed by atoms with Crippen LogP contribution in [0.5, 0.6) is 0 Å². The fourth-order valence-electron chi connectivity index (χ4n) is 0. The Morgan fingerprint density at radius 3 is 0.800 bits per heavy atom. The summed E-state index contributed by atoms with van der Waals surface area (Å²) in [5, 5.41) is 0. The van der Waals surface area contributed by atoms with Gasteiger partial charge in [0, 0.05) is 0 Å². The first kappa shape index (κ1) is 37.8. The summed E-state index contributed by atoms with van der Waals surface area (Å²) >= 11 is 0. The molecule has 0 heterocycles.